The molecule has 0 bridgehead atoms. The summed E-state index contributed by atoms with van der Waals surface area (Å²) in [4.78, 5) is 21.4. The average Bonchev–Trinajstić information content (AvgIpc) is 3.36. The molecule has 1 aliphatic rings. The van der Waals surface area contributed by atoms with Gasteiger partial charge >= 0.3 is 0 Å². The van der Waals surface area contributed by atoms with Crippen LogP contribution in [0.4, 0.5) is 0 Å². The van der Waals surface area contributed by atoms with Crippen LogP contribution in [-0.4, -0.2) is 32.0 Å². The number of Topliss-reactive ketones (excluding diaryl/α,β-unsaturated/α-hetero) is 1. The predicted molar refractivity (Wildman–Crippen MR) is 109 cm³/mol. The van der Waals surface area contributed by atoms with Gasteiger partial charge in [-0.25, -0.2) is 9.97 Å². The van der Waals surface area contributed by atoms with Crippen LogP contribution in [0.15, 0.2) is 36.5 Å². The van der Waals surface area contributed by atoms with E-state index >= 15 is 0 Å². The first-order chi connectivity index (χ1) is 13.6. The maximum Gasteiger partial charge on any atom is 0.160 e. The van der Waals surface area contributed by atoms with Gasteiger partial charge in [0.05, 0.1) is 18.3 Å². The van der Waals surface area contributed by atoms with E-state index in [1.54, 1.807) is 20.1 Å². The number of aromatic nitrogens is 4. The van der Waals surface area contributed by atoms with Gasteiger partial charge in [0, 0.05) is 30.7 Å². The number of hydrogen-bond acceptors (Lipinski definition) is 4. The molecule has 0 aliphatic heterocycles. The fourth-order valence-corrected chi connectivity index (χ4v) is 3.91. The van der Waals surface area contributed by atoms with E-state index in [9.17, 15) is 4.79 Å². The Balaban J connectivity index is 1.77. The van der Waals surface area contributed by atoms with Gasteiger partial charge in [0.1, 0.15) is 16.9 Å². The van der Waals surface area contributed by atoms with E-state index in [0.29, 0.717) is 17.2 Å². The first-order valence-corrected chi connectivity index (χ1v) is 9.57. The molecule has 3 aromatic heterocycles. The highest BCUT2D eigenvalue weighted by atomic mass is 16.5. The zero-order chi connectivity index (χ0) is 19.4. The molecule has 142 valence electrons. The van der Waals surface area contributed by atoms with E-state index in [0.717, 1.165) is 40.1 Å². The number of hydrogen-bond donors (Lipinski definition) is 0. The summed E-state index contributed by atoms with van der Waals surface area (Å²) in [6.07, 6.45) is 4.38. The number of ketones is 1. The average molecular weight is 374 g/mol. The van der Waals surface area contributed by atoms with Crippen LogP contribution in [0.3, 0.4) is 0 Å². The van der Waals surface area contributed by atoms with Crippen molar-refractivity contribution in [1.82, 2.24) is 19.1 Å². The van der Waals surface area contributed by atoms with Crippen molar-refractivity contribution in [2.24, 2.45) is 13.0 Å². The largest absolute Gasteiger partial charge is 0.494 e. The second kappa shape index (κ2) is 6.19. The number of imidazole rings is 1. The lowest BCUT2D eigenvalue weighted by atomic mass is 10.1. The van der Waals surface area contributed by atoms with E-state index in [1.807, 2.05) is 25.4 Å². The summed E-state index contributed by atoms with van der Waals surface area (Å²) >= 11 is 0. The minimum absolute atomic E-state index is 0.000509. The third kappa shape index (κ3) is 2.59. The van der Waals surface area contributed by atoms with Crippen molar-refractivity contribution in [3.05, 3.63) is 42.1 Å². The molecule has 1 aliphatic carbocycles. The summed E-state index contributed by atoms with van der Waals surface area (Å²) in [5, 5.41) is 1.11. The number of pyridine rings is 1. The van der Waals surface area contributed by atoms with Crippen molar-refractivity contribution in [2.75, 3.05) is 7.11 Å². The topological polar surface area (TPSA) is 61.9 Å². The van der Waals surface area contributed by atoms with Gasteiger partial charge in [0.25, 0.3) is 0 Å². The Morgan fingerprint density at radius 1 is 1.29 bits per heavy atom. The Kier molecular flexibility index (Phi) is 3.75. The molecule has 6 heteroatoms. The third-order valence-corrected chi connectivity index (χ3v) is 5.58. The van der Waals surface area contributed by atoms with Gasteiger partial charge in [-0.15, -0.1) is 0 Å². The van der Waals surface area contributed by atoms with E-state index < -0.39 is 0 Å². The van der Waals surface area contributed by atoms with Crippen molar-refractivity contribution in [3.63, 3.8) is 0 Å². The van der Waals surface area contributed by atoms with Crippen molar-refractivity contribution in [2.45, 2.75) is 26.3 Å². The van der Waals surface area contributed by atoms with Gasteiger partial charge in [-0.05, 0) is 56.0 Å². The van der Waals surface area contributed by atoms with Crippen LogP contribution >= 0.6 is 0 Å². The molecule has 6 nitrogen and oxygen atoms in total. The molecule has 0 atom stereocenters. The molecule has 0 N–H and O–H groups in total. The zero-order valence-corrected chi connectivity index (χ0v) is 16.3. The van der Waals surface area contributed by atoms with Gasteiger partial charge in [-0.1, -0.05) is 0 Å². The molecule has 0 spiro atoms. The summed E-state index contributed by atoms with van der Waals surface area (Å²) in [7, 11) is 3.62. The summed E-state index contributed by atoms with van der Waals surface area (Å²) < 4.78 is 9.92. The normalized spacial score (nSPS) is 14.1. The van der Waals surface area contributed by atoms with Crippen molar-refractivity contribution >= 4 is 27.9 Å². The maximum atomic E-state index is 11.9. The molecule has 1 saturated carbocycles. The Hall–Kier alpha value is -3.15. The minimum Gasteiger partial charge on any atom is -0.494 e. The summed E-state index contributed by atoms with van der Waals surface area (Å²) in [5.41, 5.74) is 4.30. The van der Waals surface area contributed by atoms with Gasteiger partial charge in [-0.2, -0.15) is 0 Å². The smallest absolute Gasteiger partial charge is 0.160 e. The zero-order valence-electron chi connectivity index (χ0n) is 16.3. The van der Waals surface area contributed by atoms with E-state index in [1.165, 1.54) is 12.8 Å². The molecule has 0 unspecified atom stereocenters. The molecular formula is C22H22N4O2. The first-order valence-electron chi connectivity index (χ1n) is 9.57. The van der Waals surface area contributed by atoms with Crippen LogP contribution in [0.25, 0.3) is 33.6 Å². The fourth-order valence-electron chi connectivity index (χ4n) is 3.91. The summed E-state index contributed by atoms with van der Waals surface area (Å²) in [6.45, 7) is 2.51. The number of carbonyl (C=O) groups excluding carboxylic acids is 1. The lowest BCUT2D eigenvalue weighted by Crippen LogP contribution is -2.05. The van der Waals surface area contributed by atoms with Crippen molar-refractivity contribution in [3.8, 4) is 17.3 Å². The monoisotopic (exact) mass is 374 g/mol. The Morgan fingerprint density at radius 2 is 2.11 bits per heavy atom. The first kappa shape index (κ1) is 17.0. The predicted octanol–water partition coefficient (Wildman–Crippen LogP) is 4.21. The highest BCUT2D eigenvalue weighted by Crippen LogP contribution is 2.37. The van der Waals surface area contributed by atoms with E-state index in [-0.39, 0.29) is 5.78 Å². The van der Waals surface area contributed by atoms with Crippen LogP contribution in [0.1, 0.15) is 30.1 Å². The molecule has 0 amide bonds. The number of fused-ring (bicyclic) bond motifs is 2. The van der Waals surface area contributed by atoms with E-state index in [4.69, 9.17) is 9.72 Å². The Labute approximate surface area is 162 Å². The summed E-state index contributed by atoms with van der Waals surface area (Å²) in [5.74, 6) is 2.23. The molecule has 3 heterocycles. The number of methoxy groups -OCH3 is 1. The van der Waals surface area contributed by atoms with Crippen LogP contribution < -0.4 is 4.74 Å². The second-order valence-electron chi connectivity index (χ2n) is 7.60. The molecule has 5 rings (SSSR count). The lowest BCUT2D eigenvalue weighted by molar-refractivity contribution is 0.101. The fraction of sp³-hybridized carbons (Fsp3) is 0.318. The molecule has 28 heavy (non-hydrogen) atoms. The second-order valence-corrected chi connectivity index (χ2v) is 7.60. The Morgan fingerprint density at radius 3 is 2.82 bits per heavy atom. The van der Waals surface area contributed by atoms with E-state index in [2.05, 4.69) is 26.3 Å². The molecule has 1 fully saturated rings. The highest BCUT2D eigenvalue weighted by Gasteiger charge is 2.26. The number of aryl methyl sites for hydroxylation is 1. The maximum absolute atomic E-state index is 11.9. The molecule has 0 radical (unpaired) electrons. The van der Waals surface area contributed by atoms with Crippen LogP contribution in [-0.2, 0) is 13.6 Å². The standard InChI is InChI=1S/C22H22N4O2/c1-13(27)16-9-17-20(19(11-16)28-3)25(2)22(24-17)18-10-15-5-4-8-23-21(15)26(18)12-14-6-7-14/h4-5,8-11,14H,6-7,12H2,1-3H3. The van der Waals surface area contributed by atoms with Gasteiger partial charge in [-0.3, -0.25) is 4.79 Å². The van der Waals surface area contributed by atoms with Crippen molar-refractivity contribution < 1.29 is 9.53 Å². The van der Waals surface area contributed by atoms with Gasteiger partial charge in [0.2, 0.25) is 0 Å². The molecular weight excluding hydrogens is 352 g/mol. The quantitative estimate of drug-likeness (QED) is 0.491. The number of rotatable bonds is 5. The highest BCUT2D eigenvalue weighted by molar-refractivity contribution is 6.00. The molecule has 4 aromatic rings. The third-order valence-electron chi connectivity index (χ3n) is 5.58. The molecule has 0 saturated heterocycles. The number of carbonyl (C=O) groups is 1. The van der Waals surface area contributed by atoms with Crippen LogP contribution in [0.5, 0.6) is 5.75 Å². The Bertz CT molecular complexity index is 1230. The van der Waals surface area contributed by atoms with Crippen LogP contribution in [0, 0.1) is 5.92 Å². The SMILES string of the molecule is COc1cc(C(C)=O)cc2nc(-c3cc4cccnc4n3CC3CC3)n(C)c12. The number of ether oxygens (including phenoxy) is 1. The van der Waals surface area contributed by atoms with Crippen molar-refractivity contribution in [1.29, 1.82) is 0 Å². The lowest BCUT2D eigenvalue weighted by Gasteiger charge is -2.10. The summed E-state index contributed by atoms with van der Waals surface area (Å²) in [6, 6.07) is 9.84. The van der Waals surface area contributed by atoms with Gasteiger partial charge in [0.15, 0.2) is 11.6 Å². The molecule has 1 aromatic carbocycles. The minimum atomic E-state index is -0.000509. The number of nitrogens with zero attached hydrogens (tertiary/aromatic N) is 4. The van der Waals surface area contributed by atoms with Gasteiger partial charge < -0.3 is 13.9 Å². The number of benzene rings is 1. The van der Waals surface area contributed by atoms with Crippen LogP contribution in [0.2, 0.25) is 0 Å².